The SMILES string of the molecule is Cc1ccc(C#CC2=CCC(C3CCC(C)CC3)CC2)c(F)c1F. The molecule has 1 atom stereocenters. The first-order valence-electron chi connectivity index (χ1n) is 9.20. The molecule has 2 heteroatoms. The Morgan fingerprint density at radius 3 is 2.33 bits per heavy atom. The topological polar surface area (TPSA) is 0 Å². The van der Waals surface area contributed by atoms with Gasteiger partial charge in [0, 0.05) is 0 Å². The molecule has 0 aliphatic heterocycles. The van der Waals surface area contributed by atoms with Gasteiger partial charge in [-0.15, -0.1) is 0 Å². The minimum absolute atomic E-state index is 0.155. The third-order valence-corrected chi connectivity index (χ3v) is 5.81. The summed E-state index contributed by atoms with van der Waals surface area (Å²) in [5, 5.41) is 0. The number of halogens is 2. The van der Waals surface area contributed by atoms with Crippen LogP contribution in [0.3, 0.4) is 0 Å². The van der Waals surface area contributed by atoms with Gasteiger partial charge in [-0.3, -0.25) is 0 Å². The molecule has 0 aromatic heterocycles. The zero-order valence-electron chi connectivity index (χ0n) is 14.7. The fourth-order valence-electron chi connectivity index (χ4n) is 4.04. The van der Waals surface area contributed by atoms with Crippen molar-refractivity contribution in [2.75, 3.05) is 0 Å². The molecule has 1 aromatic rings. The van der Waals surface area contributed by atoms with Gasteiger partial charge in [-0.1, -0.05) is 43.7 Å². The van der Waals surface area contributed by atoms with Gasteiger partial charge in [0.15, 0.2) is 11.6 Å². The van der Waals surface area contributed by atoms with E-state index < -0.39 is 11.6 Å². The summed E-state index contributed by atoms with van der Waals surface area (Å²) >= 11 is 0. The Morgan fingerprint density at radius 2 is 1.67 bits per heavy atom. The van der Waals surface area contributed by atoms with Gasteiger partial charge in [0.05, 0.1) is 5.56 Å². The fourth-order valence-corrected chi connectivity index (χ4v) is 4.04. The second-order valence-electron chi connectivity index (χ2n) is 7.59. The van der Waals surface area contributed by atoms with Gasteiger partial charge in [0.25, 0.3) is 0 Å². The van der Waals surface area contributed by atoms with Crippen molar-refractivity contribution in [2.24, 2.45) is 17.8 Å². The van der Waals surface area contributed by atoms with Gasteiger partial charge in [-0.05, 0) is 74.0 Å². The molecule has 1 unspecified atom stereocenters. The lowest BCUT2D eigenvalue weighted by molar-refractivity contribution is 0.200. The number of rotatable bonds is 1. The van der Waals surface area contributed by atoms with Crippen molar-refractivity contribution < 1.29 is 8.78 Å². The van der Waals surface area contributed by atoms with E-state index in [1.807, 2.05) is 0 Å². The molecule has 3 rings (SSSR count). The summed E-state index contributed by atoms with van der Waals surface area (Å²) in [5.41, 5.74) is 1.55. The molecule has 0 saturated heterocycles. The van der Waals surface area contributed by atoms with E-state index in [1.54, 1.807) is 19.1 Å². The monoisotopic (exact) mass is 328 g/mol. The van der Waals surface area contributed by atoms with Crippen LogP contribution in [-0.4, -0.2) is 0 Å². The lowest BCUT2D eigenvalue weighted by Crippen LogP contribution is -2.22. The first-order chi connectivity index (χ1) is 11.5. The maximum Gasteiger partial charge on any atom is 0.174 e. The summed E-state index contributed by atoms with van der Waals surface area (Å²) in [5.74, 6) is 6.82. The van der Waals surface area contributed by atoms with Gasteiger partial charge in [-0.25, -0.2) is 8.78 Å². The van der Waals surface area contributed by atoms with E-state index in [4.69, 9.17) is 0 Å². The van der Waals surface area contributed by atoms with Crippen LogP contribution in [-0.2, 0) is 0 Å². The van der Waals surface area contributed by atoms with Crippen molar-refractivity contribution in [1.82, 2.24) is 0 Å². The maximum absolute atomic E-state index is 13.9. The van der Waals surface area contributed by atoms with E-state index in [1.165, 1.54) is 32.1 Å². The Bertz CT molecular complexity index is 682. The molecule has 0 nitrogen and oxygen atoms in total. The van der Waals surface area contributed by atoms with Crippen molar-refractivity contribution in [3.8, 4) is 11.8 Å². The molecule has 128 valence electrons. The highest BCUT2D eigenvalue weighted by Gasteiger charge is 2.26. The average Bonchev–Trinajstić information content (AvgIpc) is 2.60. The van der Waals surface area contributed by atoms with Crippen LogP contribution in [0.1, 0.15) is 63.0 Å². The molecule has 0 N–H and O–H groups in total. The highest BCUT2D eigenvalue weighted by molar-refractivity contribution is 5.43. The second kappa shape index (κ2) is 7.51. The van der Waals surface area contributed by atoms with Crippen LogP contribution < -0.4 is 0 Å². The minimum atomic E-state index is -0.826. The fraction of sp³-hybridized carbons (Fsp3) is 0.545. The summed E-state index contributed by atoms with van der Waals surface area (Å²) in [6.07, 6.45) is 11.0. The molecule has 1 saturated carbocycles. The van der Waals surface area contributed by atoms with Crippen molar-refractivity contribution >= 4 is 0 Å². The molecule has 2 aliphatic carbocycles. The van der Waals surface area contributed by atoms with E-state index >= 15 is 0 Å². The molecule has 24 heavy (non-hydrogen) atoms. The molecule has 0 spiro atoms. The predicted octanol–water partition coefficient (Wildman–Crippen LogP) is 6.18. The summed E-state index contributed by atoms with van der Waals surface area (Å²) < 4.78 is 27.4. The van der Waals surface area contributed by atoms with Crippen molar-refractivity contribution in [3.05, 3.63) is 46.5 Å². The number of hydrogen-bond donors (Lipinski definition) is 0. The standard InChI is InChI=1S/C22H26F2/c1-15-3-9-18(10-4-15)19-12-6-17(7-13-19)8-14-20-11-5-16(2)21(23)22(20)24/h5-6,11,15,18-19H,3-4,7,9-10,12-13H2,1-2H3. The van der Waals surface area contributed by atoms with E-state index in [0.29, 0.717) is 5.56 Å². The van der Waals surface area contributed by atoms with Crippen LogP contribution in [0.2, 0.25) is 0 Å². The Morgan fingerprint density at radius 1 is 0.917 bits per heavy atom. The third kappa shape index (κ3) is 3.89. The average molecular weight is 328 g/mol. The van der Waals surface area contributed by atoms with Crippen LogP contribution in [0.5, 0.6) is 0 Å². The van der Waals surface area contributed by atoms with Crippen LogP contribution in [0.4, 0.5) is 8.78 Å². The van der Waals surface area contributed by atoms with E-state index in [-0.39, 0.29) is 5.56 Å². The predicted molar refractivity (Wildman–Crippen MR) is 94.5 cm³/mol. The molecule has 0 radical (unpaired) electrons. The first kappa shape index (κ1) is 17.2. The van der Waals surface area contributed by atoms with Gasteiger partial charge in [0.1, 0.15) is 0 Å². The van der Waals surface area contributed by atoms with E-state index in [2.05, 4.69) is 24.8 Å². The molecule has 0 bridgehead atoms. The largest absolute Gasteiger partial charge is 0.203 e. The van der Waals surface area contributed by atoms with Crippen molar-refractivity contribution in [3.63, 3.8) is 0 Å². The van der Waals surface area contributed by atoms with Crippen molar-refractivity contribution in [1.29, 1.82) is 0 Å². The number of aryl methyl sites for hydroxylation is 1. The quantitative estimate of drug-likeness (QED) is 0.540. The lowest BCUT2D eigenvalue weighted by Gasteiger charge is -2.34. The van der Waals surface area contributed by atoms with Crippen molar-refractivity contribution in [2.45, 2.75) is 58.8 Å². The van der Waals surface area contributed by atoms with Gasteiger partial charge in [-0.2, -0.15) is 0 Å². The van der Waals surface area contributed by atoms with Crippen LogP contribution >= 0.6 is 0 Å². The van der Waals surface area contributed by atoms with Crippen LogP contribution in [0, 0.1) is 48.2 Å². The zero-order valence-corrected chi connectivity index (χ0v) is 14.7. The van der Waals surface area contributed by atoms with Crippen LogP contribution in [0.25, 0.3) is 0 Å². The molecule has 1 fully saturated rings. The summed E-state index contributed by atoms with van der Waals surface area (Å²) in [6.45, 7) is 3.92. The Labute approximate surface area is 144 Å². The molecular weight excluding hydrogens is 302 g/mol. The van der Waals surface area contributed by atoms with Gasteiger partial charge >= 0.3 is 0 Å². The molecule has 0 heterocycles. The normalized spacial score (nSPS) is 27.2. The highest BCUT2D eigenvalue weighted by atomic mass is 19.2. The third-order valence-electron chi connectivity index (χ3n) is 5.81. The first-order valence-corrected chi connectivity index (χ1v) is 9.20. The van der Waals surface area contributed by atoms with Gasteiger partial charge < -0.3 is 0 Å². The Balaban J connectivity index is 1.63. The van der Waals surface area contributed by atoms with Crippen LogP contribution in [0.15, 0.2) is 23.8 Å². The van der Waals surface area contributed by atoms with E-state index in [9.17, 15) is 8.78 Å². The Kier molecular flexibility index (Phi) is 5.39. The number of allylic oxidation sites excluding steroid dienone is 2. The molecule has 2 aliphatic rings. The molecule has 0 amide bonds. The van der Waals surface area contributed by atoms with Gasteiger partial charge in [0.2, 0.25) is 0 Å². The minimum Gasteiger partial charge on any atom is -0.203 e. The Hall–Kier alpha value is -1.62. The summed E-state index contributed by atoms with van der Waals surface area (Å²) in [4.78, 5) is 0. The zero-order chi connectivity index (χ0) is 17.1. The number of benzene rings is 1. The second-order valence-corrected chi connectivity index (χ2v) is 7.59. The van der Waals surface area contributed by atoms with E-state index in [0.717, 1.165) is 36.2 Å². The smallest absolute Gasteiger partial charge is 0.174 e. The highest BCUT2D eigenvalue weighted by Crippen LogP contribution is 2.39. The summed E-state index contributed by atoms with van der Waals surface area (Å²) in [6, 6.07) is 3.15. The number of hydrogen-bond acceptors (Lipinski definition) is 0. The summed E-state index contributed by atoms with van der Waals surface area (Å²) in [7, 11) is 0. The maximum atomic E-state index is 13.9. The molecule has 1 aromatic carbocycles. The lowest BCUT2D eigenvalue weighted by atomic mass is 9.72. The molecular formula is C22H26F2.